The van der Waals surface area contributed by atoms with Crippen molar-refractivity contribution in [2.45, 2.75) is 20.8 Å². The Hall–Kier alpha value is -1.55. The summed E-state index contributed by atoms with van der Waals surface area (Å²) in [6.45, 7) is 5.75. The summed E-state index contributed by atoms with van der Waals surface area (Å²) in [6.07, 6.45) is 1.66. The number of halogens is 1. The van der Waals surface area contributed by atoms with Crippen LogP contribution in [0.2, 0.25) is 5.02 Å². The molecule has 0 saturated carbocycles. The van der Waals surface area contributed by atoms with E-state index in [0.29, 0.717) is 16.7 Å². The molecule has 1 aromatic rings. The lowest BCUT2D eigenvalue weighted by molar-refractivity contribution is -0.123. The van der Waals surface area contributed by atoms with Gasteiger partial charge in [-0.05, 0) is 36.6 Å². The van der Waals surface area contributed by atoms with E-state index in [1.165, 1.54) is 0 Å². The summed E-state index contributed by atoms with van der Waals surface area (Å²) in [5, 5.41) is 4.46. The summed E-state index contributed by atoms with van der Waals surface area (Å²) in [4.78, 5) is 11.4. The second kappa shape index (κ2) is 7.01. The van der Waals surface area contributed by atoms with Crippen LogP contribution in [0.4, 0.5) is 0 Å². The molecule has 0 radical (unpaired) electrons. The molecule has 5 heteroatoms. The van der Waals surface area contributed by atoms with E-state index in [-0.39, 0.29) is 12.5 Å². The second-order valence-electron chi connectivity index (χ2n) is 4.26. The molecule has 1 aromatic carbocycles. The monoisotopic (exact) mass is 268 g/mol. The van der Waals surface area contributed by atoms with Gasteiger partial charge in [-0.15, -0.1) is 0 Å². The third-order valence-corrected chi connectivity index (χ3v) is 2.49. The highest BCUT2D eigenvalue weighted by Crippen LogP contribution is 2.20. The molecule has 98 valence electrons. The average molecular weight is 269 g/mol. The van der Waals surface area contributed by atoms with Crippen molar-refractivity contribution >= 4 is 23.7 Å². The third kappa shape index (κ3) is 5.19. The van der Waals surface area contributed by atoms with E-state index in [4.69, 9.17) is 16.3 Å². The number of ether oxygens (including phenoxy) is 1. The van der Waals surface area contributed by atoms with Crippen molar-refractivity contribution in [1.29, 1.82) is 0 Å². The van der Waals surface area contributed by atoms with Crippen molar-refractivity contribution in [2.75, 3.05) is 6.61 Å². The van der Waals surface area contributed by atoms with Gasteiger partial charge in [-0.1, -0.05) is 25.4 Å². The van der Waals surface area contributed by atoms with Crippen LogP contribution in [0.5, 0.6) is 5.75 Å². The third-order valence-electron chi connectivity index (χ3n) is 2.06. The van der Waals surface area contributed by atoms with Gasteiger partial charge in [-0.2, -0.15) is 5.10 Å². The second-order valence-corrected chi connectivity index (χ2v) is 4.66. The van der Waals surface area contributed by atoms with Crippen LogP contribution in [0.15, 0.2) is 23.3 Å². The molecule has 0 aromatic heterocycles. The van der Waals surface area contributed by atoms with Crippen molar-refractivity contribution in [1.82, 2.24) is 5.43 Å². The lowest BCUT2D eigenvalue weighted by atomic mass is 10.2. The fraction of sp³-hybridized carbons (Fsp3) is 0.385. The smallest absolute Gasteiger partial charge is 0.277 e. The number of hydrazone groups is 1. The fourth-order valence-corrected chi connectivity index (χ4v) is 1.26. The number of amides is 1. The number of rotatable bonds is 5. The van der Waals surface area contributed by atoms with Gasteiger partial charge in [-0.25, -0.2) is 5.43 Å². The molecule has 1 N–H and O–H groups in total. The average Bonchev–Trinajstić information content (AvgIpc) is 2.30. The Kier molecular flexibility index (Phi) is 5.65. The highest BCUT2D eigenvalue weighted by Gasteiger charge is 2.03. The number of carbonyl (C=O) groups excluding carboxylic acids is 1. The molecule has 0 fully saturated rings. The van der Waals surface area contributed by atoms with E-state index in [1.807, 2.05) is 20.8 Å². The standard InChI is InChI=1S/C13H17ClN2O2/c1-9(2)7-15-16-13(17)8-18-11-4-5-12(14)10(3)6-11/h4-7,9H,8H2,1-3H3,(H,16,17)/b15-7+. The Morgan fingerprint density at radius 2 is 2.28 bits per heavy atom. The Labute approximate surface area is 112 Å². The first kappa shape index (κ1) is 14.5. The summed E-state index contributed by atoms with van der Waals surface area (Å²) >= 11 is 5.89. The number of nitrogens with one attached hydrogen (secondary N) is 1. The minimum atomic E-state index is -0.292. The quantitative estimate of drug-likeness (QED) is 0.659. The molecule has 4 nitrogen and oxygen atoms in total. The van der Waals surface area contributed by atoms with Gasteiger partial charge < -0.3 is 4.74 Å². The van der Waals surface area contributed by atoms with Gasteiger partial charge in [0.15, 0.2) is 6.61 Å². The minimum Gasteiger partial charge on any atom is -0.484 e. The molecular formula is C13H17ClN2O2. The predicted molar refractivity (Wildman–Crippen MR) is 73.2 cm³/mol. The molecule has 0 unspecified atom stereocenters. The molecule has 0 spiro atoms. The normalized spacial score (nSPS) is 10.9. The van der Waals surface area contributed by atoms with Gasteiger partial charge in [-0.3, -0.25) is 4.79 Å². The van der Waals surface area contributed by atoms with E-state index in [9.17, 15) is 4.79 Å². The molecule has 1 amide bonds. The van der Waals surface area contributed by atoms with E-state index < -0.39 is 0 Å². The maximum Gasteiger partial charge on any atom is 0.277 e. The van der Waals surface area contributed by atoms with Crippen LogP contribution in [0.25, 0.3) is 0 Å². The van der Waals surface area contributed by atoms with Crippen molar-refractivity contribution in [2.24, 2.45) is 11.0 Å². The van der Waals surface area contributed by atoms with E-state index in [1.54, 1.807) is 24.4 Å². The zero-order chi connectivity index (χ0) is 13.5. The number of nitrogens with zero attached hydrogens (tertiary/aromatic N) is 1. The van der Waals surface area contributed by atoms with Crippen molar-refractivity contribution in [3.8, 4) is 5.75 Å². The van der Waals surface area contributed by atoms with Gasteiger partial charge in [0.05, 0.1) is 0 Å². The number of carbonyl (C=O) groups is 1. The molecule has 0 atom stereocenters. The molecular weight excluding hydrogens is 252 g/mol. The largest absolute Gasteiger partial charge is 0.484 e. The Morgan fingerprint density at radius 1 is 1.56 bits per heavy atom. The number of hydrogen-bond acceptors (Lipinski definition) is 3. The van der Waals surface area contributed by atoms with Gasteiger partial charge in [0.2, 0.25) is 0 Å². The lowest BCUT2D eigenvalue weighted by Gasteiger charge is -2.06. The van der Waals surface area contributed by atoms with Crippen LogP contribution in [0.3, 0.4) is 0 Å². The van der Waals surface area contributed by atoms with Crippen molar-refractivity contribution in [3.63, 3.8) is 0 Å². The Bertz CT molecular complexity index is 445. The molecule has 0 aliphatic heterocycles. The maximum atomic E-state index is 11.4. The maximum absolute atomic E-state index is 11.4. The summed E-state index contributed by atoms with van der Waals surface area (Å²) in [5.74, 6) is 0.615. The summed E-state index contributed by atoms with van der Waals surface area (Å²) in [5.41, 5.74) is 3.30. The lowest BCUT2D eigenvalue weighted by Crippen LogP contribution is -2.24. The molecule has 0 heterocycles. The zero-order valence-electron chi connectivity index (χ0n) is 10.7. The van der Waals surface area contributed by atoms with Crippen LogP contribution in [0, 0.1) is 12.8 Å². The first-order valence-corrected chi connectivity index (χ1v) is 6.08. The predicted octanol–water partition coefficient (Wildman–Crippen LogP) is 2.79. The molecule has 1 rings (SSSR count). The number of hydrogen-bond donors (Lipinski definition) is 1. The Morgan fingerprint density at radius 3 is 2.89 bits per heavy atom. The summed E-state index contributed by atoms with van der Waals surface area (Å²) in [6, 6.07) is 5.24. The Balaban J connectivity index is 2.40. The number of aryl methyl sites for hydroxylation is 1. The van der Waals surface area contributed by atoms with Crippen LogP contribution < -0.4 is 10.2 Å². The first-order chi connectivity index (χ1) is 8.49. The van der Waals surface area contributed by atoms with Crippen molar-refractivity contribution < 1.29 is 9.53 Å². The van der Waals surface area contributed by atoms with E-state index >= 15 is 0 Å². The first-order valence-electron chi connectivity index (χ1n) is 5.70. The van der Waals surface area contributed by atoms with Crippen LogP contribution in [0.1, 0.15) is 19.4 Å². The van der Waals surface area contributed by atoms with Gasteiger partial charge in [0.25, 0.3) is 5.91 Å². The zero-order valence-corrected chi connectivity index (χ0v) is 11.5. The van der Waals surface area contributed by atoms with Gasteiger partial charge in [0, 0.05) is 11.2 Å². The summed E-state index contributed by atoms with van der Waals surface area (Å²) < 4.78 is 5.32. The SMILES string of the molecule is Cc1cc(OCC(=O)N/N=C/C(C)C)ccc1Cl. The fourth-order valence-electron chi connectivity index (χ4n) is 1.15. The van der Waals surface area contributed by atoms with E-state index in [0.717, 1.165) is 5.56 Å². The van der Waals surface area contributed by atoms with Gasteiger partial charge >= 0.3 is 0 Å². The van der Waals surface area contributed by atoms with Crippen molar-refractivity contribution in [3.05, 3.63) is 28.8 Å². The molecule has 0 aliphatic rings. The molecule has 0 bridgehead atoms. The van der Waals surface area contributed by atoms with Gasteiger partial charge in [0.1, 0.15) is 5.75 Å². The highest BCUT2D eigenvalue weighted by molar-refractivity contribution is 6.31. The van der Waals surface area contributed by atoms with E-state index in [2.05, 4.69) is 10.5 Å². The summed E-state index contributed by atoms with van der Waals surface area (Å²) in [7, 11) is 0. The van der Waals surface area contributed by atoms with Crippen LogP contribution in [-0.2, 0) is 4.79 Å². The number of benzene rings is 1. The topological polar surface area (TPSA) is 50.7 Å². The molecule has 0 saturated heterocycles. The highest BCUT2D eigenvalue weighted by atomic mass is 35.5. The van der Waals surface area contributed by atoms with Crippen LogP contribution >= 0.6 is 11.6 Å². The molecule has 18 heavy (non-hydrogen) atoms. The molecule has 0 aliphatic carbocycles. The minimum absolute atomic E-state index is 0.0729. The van der Waals surface area contributed by atoms with Crippen LogP contribution in [-0.4, -0.2) is 18.7 Å².